The SMILES string of the molecule is CNC(=O)c1nc(Cl)c(N)n1C. The van der Waals surface area contributed by atoms with Gasteiger partial charge in [-0.25, -0.2) is 4.98 Å². The standard InChI is InChI=1S/C6H9ClN4O/c1-9-6(12)5-10-3(7)4(8)11(5)2/h8H2,1-2H3,(H,9,12). The van der Waals surface area contributed by atoms with Crippen LogP contribution in [-0.4, -0.2) is 22.5 Å². The van der Waals surface area contributed by atoms with Crippen LogP contribution in [0.2, 0.25) is 5.15 Å². The van der Waals surface area contributed by atoms with Gasteiger partial charge in [-0.15, -0.1) is 0 Å². The Labute approximate surface area is 74.5 Å². The van der Waals surface area contributed by atoms with Gasteiger partial charge in [0.25, 0.3) is 5.91 Å². The molecular formula is C6H9ClN4O. The van der Waals surface area contributed by atoms with E-state index < -0.39 is 0 Å². The summed E-state index contributed by atoms with van der Waals surface area (Å²) < 4.78 is 1.43. The van der Waals surface area contributed by atoms with Crippen LogP contribution in [0.15, 0.2) is 0 Å². The van der Waals surface area contributed by atoms with Crippen molar-refractivity contribution in [2.75, 3.05) is 12.8 Å². The number of imidazole rings is 1. The quantitative estimate of drug-likeness (QED) is 0.653. The Hall–Kier alpha value is -1.23. The number of nitrogens with two attached hydrogens (primary N) is 1. The molecule has 0 aromatic carbocycles. The minimum atomic E-state index is -0.309. The van der Waals surface area contributed by atoms with Gasteiger partial charge in [0, 0.05) is 14.1 Å². The third kappa shape index (κ3) is 1.23. The van der Waals surface area contributed by atoms with Crippen molar-refractivity contribution < 1.29 is 4.79 Å². The fraction of sp³-hybridized carbons (Fsp3) is 0.333. The average molecular weight is 189 g/mol. The molecule has 0 spiro atoms. The molecule has 1 amide bonds. The maximum absolute atomic E-state index is 11.1. The molecule has 3 N–H and O–H groups in total. The molecule has 1 rings (SSSR count). The number of carbonyl (C=O) groups is 1. The number of nitrogen functional groups attached to an aromatic ring is 1. The Balaban J connectivity index is 3.17. The Morgan fingerprint density at radius 1 is 1.75 bits per heavy atom. The Morgan fingerprint density at radius 3 is 2.67 bits per heavy atom. The lowest BCUT2D eigenvalue weighted by Gasteiger charge is -1.99. The zero-order valence-corrected chi connectivity index (χ0v) is 7.51. The summed E-state index contributed by atoms with van der Waals surface area (Å²) in [6.45, 7) is 0. The van der Waals surface area contributed by atoms with Gasteiger partial charge in [-0.05, 0) is 0 Å². The fourth-order valence-electron chi connectivity index (χ4n) is 0.793. The normalized spacial score (nSPS) is 9.92. The molecule has 0 aliphatic carbocycles. The molecule has 1 aromatic heterocycles. The summed E-state index contributed by atoms with van der Waals surface area (Å²) >= 11 is 5.60. The Bertz CT molecular complexity index is 320. The molecule has 0 aliphatic heterocycles. The first-order chi connectivity index (χ1) is 5.57. The summed E-state index contributed by atoms with van der Waals surface area (Å²) in [6.07, 6.45) is 0. The second kappa shape index (κ2) is 3.02. The maximum Gasteiger partial charge on any atom is 0.287 e. The molecule has 6 heteroatoms. The number of anilines is 1. The zero-order valence-electron chi connectivity index (χ0n) is 6.76. The third-order valence-electron chi connectivity index (χ3n) is 1.52. The van der Waals surface area contributed by atoms with E-state index in [1.807, 2.05) is 0 Å². The summed E-state index contributed by atoms with van der Waals surface area (Å²) in [5.74, 6) is 0.186. The van der Waals surface area contributed by atoms with Crippen LogP contribution in [0, 0.1) is 0 Å². The Kier molecular flexibility index (Phi) is 2.23. The van der Waals surface area contributed by atoms with Crippen molar-refractivity contribution in [1.82, 2.24) is 14.9 Å². The van der Waals surface area contributed by atoms with Crippen molar-refractivity contribution >= 4 is 23.3 Å². The van der Waals surface area contributed by atoms with Crippen molar-refractivity contribution in [2.24, 2.45) is 7.05 Å². The van der Waals surface area contributed by atoms with E-state index in [9.17, 15) is 4.79 Å². The van der Waals surface area contributed by atoms with Gasteiger partial charge in [-0.3, -0.25) is 4.79 Å². The van der Waals surface area contributed by atoms with Crippen LogP contribution in [0.4, 0.5) is 5.82 Å². The van der Waals surface area contributed by atoms with Crippen molar-refractivity contribution in [1.29, 1.82) is 0 Å². The minimum absolute atomic E-state index is 0.149. The smallest absolute Gasteiger partial charge is 0.287 e. The van der Waals surface area contributed by atoms with E-state index in [4.69, 9.17) is 17.3 Å². The number of carbonyl (C=O) groups excluding carboxylic acids is 1. The monoisotopic (exact) mass is 188 g/mol. The number of aromatic nitrogens is 2. The first-order valence-corrected chi connectivity index (χ1v) is 3.65. The summed E-state index contributed by atoms with van der Waals surface area (Å²) in [6, 6.07) is 0. The van der Waals surface area contributed by atoms with Gasteiger partial charge in [0.2, 0.25) is 5.82 Å². The number of rotatable bonds is 1. The predicted octanol–water partition coefficient (Wildman–Crippen LogP) is 0.0153. The van der Waals surface area contributed by atoms with Crippen LogP contribution in [0.5, 0.6) is 0 Å². The molecule has 0 bridgehead atoms. The molecule has 12 heavy (non-hydrogen) atoms. The lowest BCUT2D eigenvalue weighted by atomic mass is 10.5. The van der Waals surface area contributed by atoms with Crippen molar-refractivity contribution in [3.8, 4) is 0 Å². The number of nitrogens with one attached hydrogen (secondary N) is 1. The highest BCUT2D eigenvalue weighted by molar-refractivity contribution is 6.31. The van der Waals surface area contributed by atoms with Crippen molar-refractivity contribution in [3.05, 3.63) is 11.0 Å². The highest BCUT2D eigenvalue weighted by atomic mass is 35.5. The summed E-state index contributed by atoms with van der Waals surface area (Å²) in [5.41, 5.74) is 5.48. The van der Waals surface area contributed by atoms with Crippen LogP contribution in [-0.2, 0) is 7.05 Å². The first-order valence-electron chi connectivity index (χ1n) is 3.27. The molecular weight excluding hydrogens is 180 g/mol. The van der Waals surface area contributed by atoms with E-state index in [0.29, 0.717) is 0 Å². The Morgan fingerprint density at radius 2 is 2.33 bits per heavy atom. The van der Waals surface area contributed by atoms with E-state index >= 15 is 0 Å². The second-order valence-electron chi connectivity index (χ2n) is 2.25. The van der Waals surface area contributed by atoms with Gasteiger partial charge in [0.05, 0.1) is 0 Å². The van der Waals surface area contributed by atoms with Gasteiger partial charge in [-0.1, -0.05) is 11.6 Å². The minimum Gasteiger partial charge on any atom is -0.382 e. The predicted molar refractivity (Wildman–Crippen MR) is 46.0 cm³/mol. The third-order valence-corrected chi connectivity index (χ3v) is 1.80. The fourth-order valence-corrected chi connectivity index (χ4v) is 0.999. The topological polar surface area (TPSA) is 72.9 Å². The average Bonchev–Trinajstić information content (AvgIpc) is 2.32. The summed E-state index contributed by atoms with van der Waals surface area (Å²) in [7, 11) is 3.14. The maximum atomic E-state index is 11.1. The molecule has 0 radical (unpaired) electrons. The van der Waals surface area contributed by atoms with Crippen molar-refractivity contribution in [2.45, 2.75) is 0 Å². The molecule has 0 atom stereocenters. The van der Waals surface area contributed by atoms with Gasteiger partial charge in [0.15, 0.2) is 5.15 Å². The molecule has 66 valence electrons. The van der Waals surface area contributed by atoms with Crippen LogP contribution >= 0.6 is 11.6 Å². The number of halogens is 1. The molecule has 0 unspecified atom stereocenters. The van der Waals surface area contributed by atoms with Crippen LogP contribution in [0.3, 0.4) is 0 Å². The number of nitrogens with zero attached hydrogens (tertiary/aromatic N) is 2. The number of amides is 1. The number of hydrogen-bond donors (Lipinski definition) is 2. The van der Waals surface area contributed by atoms with E-state index in [2.05, 4.69) is 10.3 Å². The van der Waals surface area contributed by atoms with Gasteiger partial charge in [0.1, 0.15) is 5.82 Å². The van der Waals surface area contributed by atoms with E-state index in [0.717, 1.165) is 0 Å². The highest BCUT2D eigenvalue weighted by Crippen LogP contribution is 2.17. The molecule has 0 aliphatic rings. The van der Waals surface area contributed by atoms with Gasteiger partial charge >= 0.3 is 0 Å². The van der Waals surface area contributed by atoms with E-state index in [1.54, 1.807) is 7.05 Å². The molecule has 0 saturated heterocycles. The van der Waals surface area contributed by atoms with Crippen LogP contribution < -0.4 is 11.1 Å². The zero-order chi connectivity index (χ0) is 9.30. The molecule has 5 nitrogen and oxygen atoms in total. The van der Waals surface area contributed by atoms with Gasteiger partial charge < -0.3 is 15.6 Å². The van der Waals surface area contributed by atoms with Crippen molar-refractivity contribution in [3.63, 3.8) is 0 Å². The largest absolute Gasteiger partial charge is 0.382 e. The van der Waals surface area contributed by atoms with Crippen LogP contribution in [0.1, 0.15) is 10.6 Å². The molecule has 0 fully saturated rings. The lowest BCUT2D eigenvalue weighted by Crippen LogP contribution is -2.22. The second-order valence-corrected chi connectivity index (χ2v) is 2.61. The number of hydrogen-bond acceptors (Lipinski definition) is 3. The first kappa shape index (κ1) is 8.86. The highest BCUT2D eigenvalue weighted by Gasteiger charge is 2.15. The van der Waals surface area contributed by atoms with E-state index in [1.165, 1.54) is 11.6 Å². The molecule has 0 saturated carbocycles. The summed E-state index contributed by atoms with van der Waals surface area (Å²) in [5, 5.41) is 2.58. The lowest BCUT2D eigenvalue weighted by molar-refractivity contribution is 0.0950. The van der Waals surface area contributed by atoms with Crippen LogP contribution in [0.25, 0.3) is 0 Å². The van der Waals surface area contributed by atoms with E-state index in [-0.39, 0.29) is 22.7 Å². The molecule has 1 aromatic rings. The van der Waals surface area contributed by atoms with Gasteiger partial charge in [-0.2, -0.15) is 0 Å². The summed E-state index contributed by atoms with van der Waals surface area (Å²) in [4.78, 5) is 14.9. The molecule has 1 heterocycles.